The van der Waals surface area contributed by atoms with E-state index < -0.39 is 32.2 Å². The Labute approximate surface area is 193 Å². The minimum absolute atomic E-state index is 0.178. The quantitative estimate of drug-likeness (QED) is 0.437. The highest BCUT2D eigenvalue weighted by molar-refractivity contribution is 7.92. The molecule has 0 spiro atoms. The number of carbonyl (C=O) groups excluding carboxylic acids is 2. The van der Waals surface area contributed by atoms with Gasteiger partial charge in [-0.1, -0.05) is 12.1 Å². The summed E-state index contributed by atoms with van der Waals surface area (Å²) < 4.78 is 60.6. The summed E-state index contributed by atoms with van der Waals surface area (Å²) >= 11 is 2.49. The van der Waals surface area contributed by atoms with Crippen molar-refractivity contribution in [3.05, 3.63) is 45.9 Å². The minimum Gasteiger partial charge on any atom is -0.352 e. The topological polar surface area (TPSA) is 144 Å². The molecule has 0 aliphatic carbocycles. The zero-order valence-electron chi connectivity index (χ0n) is 16.8. The Hall–Kier alpha value is -3.04. The standard InChI is InChI=1S/C18H16F3N5O4S3/c1-9-15(32-14(24-9)7-23-16(22)28)12-8-31-17(25-12)26-13(27)6-10-2-4-11(5-3-10)33(29,30)18(19,20)21/h2-5,8H,6-7H2,1H3,(H3,22,23,28)(H,25,26,27). The van der Waals surface area contributed by atoms with Crippen molar-refractivity contribution < 1.29 is 31.2 Å². The first-order chi connectivity index (χ1) is 15.4. The van der Waals surface area contributed by atoms with Gasteiger partial charge in [0, 0.05) is 5.38 Å². The lowest BCUT2D eigenvalue weighted by Gasteiger charge is -2.08. The Kier molecular flexibility index (Phi) is 7.04. The van der Waals surface area contributed by atoms with Gasteiger partial charge in [-0.3, -0.25) is 4.79 Å². The maximum absolute atomic E-state index is 12.6. The molecule has 3 rings (SSSR count). The van der Waals surface area contributed by atoms with E-state index in [2.05, 4.69) is 20.6 Å². The second-order valence-corrected chi connectivity index (χ2v) is 10.5. The molecule has 0 aliphatic heterocycles. The first kappa shape index (κ1) is 24.6. The SMILES string of the molecule is Cc1nc(CNC(N)=O)sc1-c1csc(NC(=O)Cc2ccc(S(=O)(=O)C(F)(F)F)cc2)n1. The second-order valence-electron chi connectivity index (χ2n) is 6.60. The first-order valence-electron chi connectivity index (χ1n) is 9.02. The number of aromatic nitrogens is 2. The van der Waals surface area contributed by atoms with Gasteiger partial charge in [-0.15, -0.1) is 22.7 Å². The number of primary amides is 1. The van der Waals surface area contributed by atoms with Gasteiger partial charge in [0.15, 0.2) is 5.13 Å². The molecule has 2 aromatic heterocycles. The number of amides is 3. The van der Waals surface area contributed by atoms with E-state index in [9.17, 15) is 31.2 Å². The van der Waals surface area contributed by atoms with Crippen LogP contribution in [0.15, 0.2) is 34.5 Å². The van der Waals surface area contributed by atoms with Gasteiger partial charge in [0.1, 0.15) is 5.01 Å². The number of nitrogens with two attached hydrogens (primary N) is 1. The van der Waals surface area contributed by atoms with Crippen LogP contribution in [0.3, 0.4) is 0 Å². The van der Waals surface area contributed by atoms with E-state index in [1.54, 1.807) is 12.3 Å². The average Bonchev–Trinajstić information content (AvgIpc) is 3.32. The van der Waals surface area contributed by atoms with Crippen LogP contribution < -0.4 is 16.4 Å². The fourth-order valence-corrected chi connectivity index (χ4v) is 5.15. The Morgan fingerprint density at radius 3 is 2.42 bits per heavy atom. The maximum Gasteiger partial charge on any atom is 0.501 e. The third-order valence-electron chi connectivity index (χ3n) is 4.14. The van der Waals surface area contributed by atoms with Crippen LogP contribution in [-0.2, 0) is 27.6 Å². The van der Waals surface area contributed by atoms with Crippen LogP contribution in [0.4, 0.5) is 23.1 Å². The minimum atomic E-state index is -5.44. The fraction of sp³-hybridized carbons (Fsp3) is 0.222. The molecule has 4 N–H and O–H groups in total. The number of benzene rings is 1. The van der Waals surface area contributed by atoms with Crippen molar-refractivity contribution in [3.63, 3.8) is 0 Å². The van der Waals surface area contributed by atoms with Gasteiger partial charge < -0.3 is 16.4 Å². The smallest absolute Gasteiger partial charge is 0.352 e. The van der Waals surface area contributed by atoms with Crippen molar-refractivity contribution in [2.24, 2.45) is 5.73 Å². The number of carbonyl (C=O) groups is 2. The Bertz CT molecular complexity index is 1280. The van der Waals surface area contributed by atoms with E-state index in [1.165, 1.54) is 22.7 Å². The van der Waals surface area contributed by atoms with Crippen molar-refractivity contribution in [1.29, 1.82) is 0 Å². The molecule has 3 amide bonds. The maximum atomic E-state index is 12.6. The van der Waals surface area contributed by atoms with E-state index >= 15 is 0 Å². The monoisotopic (exact) mass is 519 g/mol. The number of hydrogen-bond donors (Lipinski definition) is 3. The number of alkyl halides is 3. The molecule has 0 aliphatic rings. The molecule has 0 unspecified atom stereocenters. The third-order valence-corrected chi connectivity index (χ3v) is 7.58. The normalized spacial score (nSPS) is 11.9. The molecule has 0 bridgehead atoms. The summed E-state index contributed by atoms with van der Waals surface area (Å²) in [4.78, 5) is 31.7. The highest BCUT2D eigenvalue weighted by atomic mass is 32.2. The number of nitrogens with zero attached hydrogens (tertiary/aromatic N) is 2. The molecule has 9 nitrogen and oxygen atoms in total. The van der Waals surface area contributed by atoms with Crippen molar-refractivity contribution >= 4 is 49.6 Å². The van der Waals surface area contributed by atoms with Crippen LogP contribution in [0.25, 0.3) is 10.6 Å². The van der Waals surface area contributed by atoms with Crippen molar-refractivity contribution in [1.82, 2.24) is 15.3 Å². The summed E-state index contributed by atoms with van der Waals surface area (Å²) in [6, 6.07) is 3.25. The summed E-state index contributed by atoms with van der Waals surface area (Å²) in [5.74, 6) is -0.477. The number of nitrogens with one attached hydrogen (secondary N) is 2. The predicted molar refractivity (Wildman–Crippen MR) is 116 cm³/mol. The van der Waals surface area contributed by atoms with Gasteiger partial charge in [0.05, 0.1) is 34.1 Å². The van der Waals surface area contributed by atoms with Gasteiger partial charge in [0.25, 0.3) is 9.84 Å². The van der Waals surface area contributed by atoms with Crippen LogP contribution in [0.1, 0.15) is 16.3 Å². The van der Waals surface area contributed by atoms with Crippen LogP contribution in [0.5, 0.6) is 0 Å². The average molecular weight is 520 g/mol. The van der Waals surface area contributed by atoms with Gasteiger partial charge in [-0.2, -0.15) is 13.2 Å². The Morgan fingerprint density at radius 1 is 1.15 bits per heavy atom. The van der Waals surface area contributed by atoms with Crippen molar-refractivity contribution in [3.8, 4) is 10.6 Å². The molecule has 0 saturated carbocycles. The number of hydrogen-bond acceptors (Lipinski definition) is 8. The summed E-state index contributed by atoms with van der Waals surface area (Å²) in [7, 11) is -5.44. The van der Waals surface area contributed by atoms with E-state index in [0.717, 1.165) is 29.1 Å². The lowest BCUT2D eigenvalue weighted by Crippen LogP contribution is -2.28. The number of aryl methyl sites for hydroxylation is 1. The van der Waals surface area contributed by atoms with Gasteiger partial charge in [-0.05, 0) is 24.6 Å². The summed E-state index contributed by atoms with van der Waals surface area (Å²) in [6.45, 7) is 1.96. The van der Waals surface area contributed by atoms with Crippen LogP contribution in [0.2, 0.25) is 0 Å². The Balaban J connectivity index is 1.64. The van der Waals surface area contributed by atoms with Gasteiger partial charge in [0.2, 0.25) is 5.91 Å². The van der Waals surface area contributed by atoms with Crippen molar-refractivity contribution in [2.45, 2.75) is 30.3 Å². The fourth-order valence-electron chi connectivity index (χ4n) is 2.63. The highest BCUT2D eigenvalue weighted by Gasteiger charge is 2.46. The largest absolute Gasteiger partial charge is 0.501 e. The number of sulfone groups is 1. The predicted octanol–water partition coefficient (Wildman–Crippen LogP) is 3.22. The molecule has 33 heavy (non-hydrogen) atoms. The summed E-state index contributed by atoms with van der Waals surface area (Å²) in [6.07, 6.45) is -0.191. The second kappa shape index (κ2) is 9.44. The molecule has 0 fully saturated rings. The number of halogens is 3. The van der Waals surface area contributed by atoms with E-state index in [0.29, 0.717) is 27.1 Å². The molecular weight excluding hydrogens is 503 g/mol. The van der Waals surface area contributed by atoms with Crippen LogP contribution >= 0.6 is 22.7 Å². The zero-order valence-corrected chi connectivity index (χ0v) is 19.2. The lowest BCUT2D eigenvalue weighted by atomic mass is 10.1. The van der Waals surface area contributed by atoms with Crippen molar-refractivity contribution in [2.75, 3.05) is 5.32 Å². The Morgan fingerprint density at radius 2 is 1.82 bits per heavy atom. The highest BCUT2D eigenvalue weighted by Crippen LogP contribution is 2.33. The zero-order chi connectivity index (χ0) is 24.4. The molecule has 0 atom stereocenters. The van der Waals surface area contributed by atoms with E-state index in [1.807, 2.05) is 0 Å². The molecule has 2 heterocycles. The number of anilines is 1. The number of rotatable bonds is 7. The summed E-state index contributed by atoms with van der Waals surface area (Å²) in [5.41, 5.74) is 1.25. The molecule has 0 radical (unpaired) electrons. The molecule has 15 heteroatoms. The molecule has 1 aromatic carbocycles. The van der Waals surface area contributed by atoms with Gasteiger partial charge in [-0.25, -0.2) is 23.2 Å². The number of thiazole rings is 2. The molecule has 0 saturated heterocycles. The molecule has 176 valence electrons. The lowest BCUT2D eigenvalue weighted by molar-refractivity contribution is -0.115. The van der Waals surface area contributed by atoms with Gasteiger partial charge >= 0.3 is 11.5 Å². The van der Waals surface area contributed by atoms with Crippen LogP contribution in [0, 0.1) is 6.92 Å². The van der Waals surface area contributed by atoms with E-state index in [4.69, 9.17) is 5.73 Å². The molecule has 3 aromatic rings. The summed E-state index contributed by atoms with van der Waals surface area (Å²) in [5, 5.41) is 7.70. The third kappa shape index (κ3) is 5.85. The van der Waals surface area contributed by atoms with E-state index in [-0.39, 0.29) is 13.0 Å². The van der Waals surface area contributed by atoms with Crippen LogP contribution in [-0.4, -0.2) is 35.8 Å². The first-order valence-corrected chi connectivity index (χ1v) is 12.2. The molecular formula is C18H16F3N5O4S3. The number of urea groups is 1.